The highest BCUT2D eigenvalue weighted by atomic mass is 19.1. The summed E-state index contributed by atoms with van der Waals surface area (Å²) in [5.74, 6) is 0.956. The molecule has 1 unspecified atom stereocenters. The number of aryl methyl sites for hydroxylation is 1. The van der Waals surface area contributed by atoms with Crippen molar-refractivity contribution in [3.63, 3.8) is 0 Å². The van der Waals surface area contributed by atoms with Crippen molar-refractivity contribution in [1.29, 1.82) is 0 Å². The number of aliphatic imine (C=N–C) groups is 1. The molecule has 0 aliphatic heterocycles. The average molecular weight is 347 g/mol. The Kier molecular flexibility index (Phi) is 7.75. The van der Waals surface area contributed by atoms with E-state index in [4.69, 9.17) is 4.74 Å². The summed E-state index contributed by atoms with van der Waals surface area (Å²) in [6.45, 7) is 6.85. The summed E-state index contributed by atoms with van der Waals surface area (Å²) in [7, 11) is 0. The zero-order valence-corrected chi connectivity index (χ0v) is 14.8. The summed E-state index contributed by atoms with van der Waals surface area (Å²) in [6, 6.07) is 8.05. The third-order valence-electron chi connectivity index (χ3n) is 3.40. The number of guanidine groups is 1. The largest absolute Gasteiger partial charge is 0.489 e. The van der Waals surface area contributed by atoms with Gasteiger partial charge in [-0.3, -0.25) is 4.68 Å². The molecule has 0 spiro atoms. The smallest absolute Gasteiger partial charge is 0.191 e. The Labute approximate surface area is 148 Å². The van der Waals surface area contributed by atoms with Crippen molar-refractivity contribution in [3.05, 3.63) is 48.5 Å². The van der Waals surface area contributed by atoms with Gasteiger partial charge in [0.05, 0.1) is 6.54 Å². The number of hydrogen-bond acceptors (Lipinski definition) is 3. The van der Waals surface area contributed by atoms with Crippen LogP contribution < -0.4 is 15.4 Å². The highest BCUT2D eigenvalue weighted by Crippen LogP contribution is 2.13. The molecule has 2 N–H and O–H groups in total. The van der Waals surface area contributed by atoms with Crippen LogP contribution in [0.4, 0.5) is 4.39 Å². The standard InChI is InChI=1S/C18H26FN5O/c1-3-20-18(21-9-5-11-24-12-6-10-23-24)22-14-15(2)25-17-8-4-7-16(19)13-17/h4,6-8,10,12-13,15H,3,5,9,11,14H2,1-2H3,(H2,20,21,22). The van der Waals surface area contributed by atoms with E-state index in [2.05, 4.69) is 20.7 Å². The van der Waals surface area contributed by atoms with Crippen molar-refractivity contribution in [2.45, 2.75) is 32.9 Å². The lowest BCUT2D eigenvalue weighted by molar-refractivity contribution is 0.229. The third kappa shape index (κ3) is 7.24. The van der Waals surface area contributed by atoms with Crippen LogP contribution in [0.5, 0.6) is 5.75 Å². The second-order valence-corrected chi connectivity index (χ2v) is 5.65. The number of rotatable bonds is 9. The molecule has 0 saturated carbocycles. The summed E-state index contributed by atoms with van der Waals surface area (Å²) in [6.07, 6.45) is 4.52. The molecular weight excluding hydrogens is 321 g/mol. The van der Waals surface area contributed by atoms with E-state index in [1.807, 2.05) is 30.8 Å². The van der Waals surface area contributed by atoms with Crippen molar-refractivity contribution in [2.75, 3.05) is 19.6 Å². The van der Waals surface area contributed by atoms with E-state index in [0.717, 1.165) is 32.0 Å². The molecular formula is C18H26FN5O. The molecule has 2 rings (SSSR count). The fraction of sp³-hybridized carbons (Fsp3) is 0.444. The van der Waals surface area contributed by atoms with E-state index in [1.165, 1.54) is 12.1 Å². The molecule has 25 heavy (non-hydrogen) atoms. The first-order chi connectivity index (χ1) is 12.2. The monoisotopic (exact) mass is 347 g/mol. The minimum absolute atomic E-state index is 0.152. The van der Waals surface area contributed by atoms with Gasteiger partial charge in [-0.05, 0) is 38.5 Å². The zero-order chi connectivity index (χ0) is 17.9. The molecule has 7 heteroatoms. The van der Waals surface area contributed by atoms with Crippen molar-refractivity contribution < 1.29 is 9.13 Å². The van der Waals surface area contributed by atoms with E-state index < -0.39 is 0 Å². The Balaban J connectivity index is 1.75. The zero-order valence-electron chi connectivity index (χ0n) is 14.8. The van der Waals surface area contributed by atoms with E-state index in [9.17, 15) is 4.39 Å². The number of aromatic nitrogens is 2. The average Bonchev–Trinajstić information content (AvgIpc) is 3.10. The maximum atomic E-state index is 13.2. The highest BCUT2D eigenvalue weighted by Gasteiger charge is 2.05. The van der Waals surface area contributed by atoms with Gasteiger partial charge in [0, 0.05) is 38.1 Å². The maximum Gasteiger partial charge on any atom is 0.191 e. The summed E-state index contributed by atoms with van der Waals surface area (Å²) >= 11 is 0. The molecule has 0 saturated heterocycles. The molecule has 2 aromatic rings. The van der Waals surface area contributed by atoms with Crippen LogP contribution in [0.1, 0.15) is 20.3 Å². The van der Waals surface area contributed by atoms with E-state index in [-0.39, 0.29) is 11.9 Å². The highest BCUT2D eigenvalue weighted by molar-refractivity contribution is 5.79. The molecule has 0 aliphatic carbocycles. The van der Waals surface area contributed by atoms with Gasteiger partial charge < -0.3 is 15.4 Å². The molecule has 136 valence electrons. The number of benzene rings is 1. The van der Waals surface area contributed by atoms with Gasteiger partial charge in [-0.1, -0.05) is 6.07 Å². The quantitative estimate of drug-likeness (QED) is 0.415. The number of hydrogen-bond donors (Lipinski definition) is 2. The molecule has 1 atom stereocenters. The summed E-state index contributed by atoms with van der Waals surface area (Å²) < 4.78 is 20.8. The van der Waals surface area contributed by atoms with Crippen LogP contribution in [0, 0.1) is 5.82 Å². The molecule has 0 amide bonds. The second kappa shape index (κ2) is 10.3. The molecule has 0 fully saturated rings. The maximum absolute atomic E-state index is 13.2. The summed E-state index contributed by atoms with van der Waals surface area (Å²) in [5, 5.41) is 10.7. The van der Waals surface area contributed by atoms with Gasteiger partial charge in [-0.25, -0.2) is 9.38 Å². The molecule has 0 aliphatic rings. The number of nitrogens with one attached hydrogen (secondary N) is 2. The first kappa shape index (κ1) is 18.8. The summed E-state index contributed by atoms with van der Waals surface area (Å²) in [5.41, 5.74) is 0. The Hall–Kier alpha value is -2.57. The molecule has 1 aromatic carbocycles. The minimum atomic E-state index is -0.305. The van der Waals surface area contributed by atoms with Gasteiger partial charge in [0.1, 0.15) is 17.7 Å². The van der Waals surface area contributed by atoms with E-state index in [1.54, 1.807) is 18.3 Å². The molecule has 6 nitrogen and oxygen atoms in total. The van der Waals surface area contributed by atoms with Crippen LogP contribution >= 0.6 is 0 Å². The van der Waals surface area contributed by atoms with E-state index in [0.29, 0.717) is 12.3 Å². The molecule has 0 radical (unpaired) electrons. The van der Waals surface area contributed by atoms with Gasteiger partial charge >= 0.3 is 0 Å². The second-order valence-electron chi connectivity index (χ2n) is 5.65. The van der Waals surface area contributed by atoms with Crippen molar-refractivity contribution in [2.24, 2.45) is 4.99 Å². The van der Waals surface area contributed by atoms with Crippen molar-refractivity contribution in [1.82, 2.24) is 20.4 Å². The molecule has 0 bridgehead atoms. The molecule has 1 heterocycles. The van der Waals surface area contributed by atoms with Gasteiger partial charge in [-0.15, -0.1) is 0 Å². The first-order valence-electron chi connectivity index (χ1n) is 8.59. The third-order valence-corrected chi connectivity index (χ3v) is 3.40. The Morgan fingerprint density at radius 1 is 1.36 bits per heavy atom. The first-order valence-corrected chi connectivity index (χ1v) is 8.59. The lowest BCUT2D eigenvalue weighted by Crippen LogP contribution is -2.38. The predicted octanol–water partition coefficient (Wildman–Crippen LogP) is 2.43. The Bertz CT molecular complexity index is 645. The van der Waals surface area contributed by atoms with Gasteiger partial charge in [0.2, 0.25) is 0 Å². The lowest BCUT2D eigenvalue weighted by atomic mass is 10.3. The van der Waals surface area contributed by atoms with Gasteiger partial charge in [0.15, 0.2) is 5.96 Å². The Morgan fingerprint density at radius 3 is 2.96 bits per heavy atom. The fourth-order valence-electron chi connectivity index (χ4n) is 2.25. The van der Waals surface area contributed by atoms with Crippen LogP contribution in [0.25, 0.3) is 0 Å². The van der Waals surface area contributed by atoms with Crippen LogP contribution in [0.2, 0.25) is 0 Å². The normalized spacial score (nSPS) is 12.7. The number of nitrogens with zero attached hydrogens (tertiary/aromatic N) is 3. The van der Waals surface area contributed by atoms with Crippen LogP contribution in [0.15, 0.2) is 47.7 Å². The van der Waals surface area contributed by atoms with Gasteiger partial charge in [-0.2, -0.15) is 5.10 Å². The number of ether oxygens (including phenoxy) is 1. The number of halogens is 1. The summed E-state index contributed by atoms with van der Waals surface area (Å²) in [4.78, 5) is 4.52. The van der Waals surface area contributed by atoms with Crippen LogP contribution in [-0.4, -0.2) is 41.5 Å². The van der Waals surface area contributed by atoms with Gasteiger partial charge in [0.25, 0.3) is 0 Å². The Morgan fingerprint density at radius 2 is 2.24 bits per heavy atom. The predicted molar refractivity (Wildman–Crippen MR) is 97.3 cm³/mol. The SMILES string of the molecule is CCNC(=NCC(C)Oc1cccc(F)c1)NCCCn1cccn1. The van der Waals surface area contributed by atoms with Crippen LogP contribution in [0.3, 0.4) is 0 Å². The fourth-order valence-corrected chi connectivity index (χ4v) is 2.25. The van der Waals surface area contributed by atoms with Crippen molar-refractivity contribution in [3.8, 4) is 5.75 Å². The van der Waals surface area contributed by atoms with Crippen molar-refractivity contribution >= 4 is 5.96 Å². The van der Waals surface area contributed by atoms with Crippen LogP contribution in [-0.2, 0) is 6.54 Å². The molecule has 1 aromatic heterocycles. The minimum Gasteiger partial charge on any atom is -0.489 e. The van der Waals surface area contributed by atoms with E-state index >= 15 is 0 Å². The lowest BCUT2D eigenvalue weighted by Gasteiger charge is -2.15. The topological polar surface area (TPSA) is 63.5 Å².